The van der Waals surface area contributed by atoms with Gasteiger partial charge in [0.1, 0.15) is 34.9 Å². The summed E-state index contributed by atoms with van der Waals surface area (Å²) in [5, 5.41) is 9.82. The Hall–Kier alpha value is -4.98. The number of ether oxygens (including phenoxy) is 1. The van der Waals surface area contributed by atoms with E-state index in [0.29, 0.717) is 28.2 Å². The first-order valence-corrected chi connectivity index (χ1v) is 11.4. The Kier molecular flexibility index (Phi) is 5.22. The molecule has 1 N–H and O–H groups in total. The number of hydrogen-bond donors (Lipinski definition) is 1. The van der Waals surface area contributed by atoms with Crippen molar-refractivity contribution in [2.24, 2.45) is 0 Å². The monoisotopic (exact) mass is 496 g/mol. The number of carbonyl (C=O) groups excluding carboxylic acids is 1. The van der Waals surface area contributed by atoms with Crippen molar-refractivity contribution in [2.45, 2.75) is 12.3 Å². The molecule has 6 rings (SSSR count). The molecule has 0 radical (unpaired) electrons. The summed E-state index contributed by atoms with van der Waals surface area (Å²) in [5.74, 6) is -1.66. The summed E-state index contributed by atoms with van der Waals surface area (Å²) < 4.78 is 30.8. The molecular weight excluding hydrogens is 479 g/mol. The van der Waals surface area contributed by atoms with Crippen molar-refractivity contribution in [3.8, 4) is 28.2 Å². The summed E-state index contributed by atoms with van der Waals surface area (Å²) >= 11 is 0. The number of fused-ring (bicyclic) bond motifs is 3. The van der Waals surface area contributed by atoms with Crippen LogP contribution in [0, 0.1) is 5.82 Å². The molecule has 1 atom stereocenters. The number of carboxylic acids is 1. The number of esters is 1. The van der Waals surface area contributed by atoms with Crippen LogP contribution < -0.4 is 10.2 Å². The van der Waals surface area contributed by atoms with Crippen molar-refractivity contribution in [3.05, 3.63) is 112 Å². The van der Waals surface area contributed by atoms with Gasteiger partial charge >= 0.3 is 11.9 Å². The van der Waals surface area contributed by atoms with Gasteiger partial charge in [0.05, 0.1) is 28.9 Å². The maximum atomic E-state index is 13.4. The van der Waals surface area contributed by atoms with E-state index < -0.39 is 23.7 Å². The Morgan fingerprint density at radius 1 is 0.919 bits per heavy atom. The maximum absolute atomic E-state index is 13.4. The quantitative estimate of drug-likeness (QED) is 0.240. The third kappa shape index (κ3) is 3.79. The molecule has 5 aromatic rings. The summed E-state index contributed by atoms with van der Waals surface area (Å²) in [4.78, 5) is 37.5. The van der Waals surface area contributed by atoms with Gasteiger partial charge in [-0.15, -0.1) is 0 Å². The van der Waals surface area contributed by atoms with Crippen molar-refractivity contribution >= 4 is 22.9 Å². The van der Waals surface area contributed by atoms with Crippen LogP contribution in [0.15, 0.2) is 92.7 Å². The van der Waals surface area contributed by atoms with Crippen LogP contribution in [-0.2, 0) is 4.79 Å². The Balaban J connectivity index is 1.49. The zero-order chi connectivity index (χ0) is 25.7. The highest BCUT2D eigenvalue weighted by Gasteiger charge is 2.34. The number of carboxylic acid groups (broad SMARTS) is 1. The van der Waals surface area contributed by atoms with Gasteiger partial charge in [0, 0.05) is 11.1 Å². The van der Waals surface area contributed by atoms with Gasteiger partial charge in [-0.1, -0.05) is 30.3 Å². The SMILES string of the molecule is O=C1C[C@H](c2ccc(-c3ccccc3C(=O)O)o2)c2c(ccc3c(=O)c(-c4ccc(F)cc4)coc23)O1. The van der Waals surface area contributed by atoms with Gasteiger partial charge in [-0.25, -0.2) is 9.18 Å². The first kappa shape index (κ1) is 22.5. The number of halogens is 1. The minimum absolute atomic E-state index is 0.0664. The van der Waals surface area contributed by atoms with E-state index in [-0.39, 0.29) is 39.7 Å². The van der Waals surface area contributed by atoms with Crippen molar-refractivity contribution in [1.29, 1.82) is 0 Å². The molecule has 1 aliphatic rings. The number of hydrogen-bond acceptors (Lipinski definition) is 6. The number of aromatic carboxylic acids is 1. The minimum atomic E-state index is -1.09. The fourth-order valence-electron chi connectivity index (χ4n) is 4.70. The zero-order valence-corrected chi connectivity index (χ0v) is 19.1. The molecule has 3 heterocycles. The molecule has 0 amide bonds. The third-order valence-electron chi connectivity index (χ3n) is 6.43. The minimum Gasteiger partial charge on any atom is -0.478 e. The molecule has 0 unspecified atom stereocenters. The highest BCUT2D eigenvalue weighted by Crippen LogP contribution is 2.44. The van der Waals surface area contributed by atoms with Crippen LogP contribution >= 0.6 is 0 Å². The Labute approximate surface area is 208 Å². The lowest BCUT2D eigenvalue weighted by atomic mass is 9.88. The predicted octanol–water partition coefficient (Wildman–Crippen LogP) is 6.00. The van der Waals surface area contributed by atoms with Gasteiger partial charge in [-0.2, -0.15) is 0 Å². The van der Waals surface area contributed by atoms with Crippen molar-refractivity contribution < 1.29 is 32.7 Å². The van der Waals surface area contributed by atoms with Crippen molar-refractivity contribution in [2.75, 3.05) is 0 Å². The Morgan fingerprint density at radius 3 is 2.49 bits per heavy atom. The first-order chi connectivity index (χ1) is 17.9. The summed E-state index contributed by atoms with van der Waals surface area (Å²) in [6.07, 6.45) is 1.24. The summed E-state index contributed by atoms with van der Waals surface area (Å²) in [6, 6.07) is 18.3. The third-order valence-corrected chi connectivity index (χ3v) is 6.43. The Bertz CT molecular complexity index is 1760. The van der Waals surface area contributed by atoms with Crippen molar-refractivity contribution in [1.82, 2.24) is 0 Å². The topological polar surface area (TPSA) is 107 Å². The van der Waals surface area contributed by atoms with E-state index >= 15 is 0 Å². The van der Waals surface area contributed by atoms with Crippen LogP contribution in [0.25, 0.3) is 33.4 Å². The molecule has 0 saturated heterocycles. The molecular formula is C29H17FO7. The summed E-state index contributed by atoms with van der Waals surface area (Å²) in [5.41, 5.74) is 1.65. The van der Waals surface area contributed by atoms with E-state index in [2.05, 4.69) is 0 Å². The van der Waals surface area contributed by atoms with Gasteiger partial charge in [0.25, 0.3) is 0 Å². The molecule has 0 spiro atoms. The molecule has 37 heavy (non-hydrogen) atoms. The molecule has 0 bridgehead atoms. The average molecular weight is 496 g/mol. The lowest BCUT2D eigenvalue weighted by molar-refractivity contribution is -0.135. The lowest BCUT2D eigenvalue weighted by Gasteiger charge is -2.23. The standard InChI is InChI=1S/C29H17FO7/c30-16-7-5-15(6-8-16)21-14-35-28-19(27(21)32)9-10-24-26(28)20(13-25(31)37-24)23-12-11-22(36-23)17-3-1-2-4-18(17)29(33)34/h1-12,14,20H,13H2,(H,33,34)/t20-/m1/s1. The molecule has 2 aromatic heterocycles. The number of furan rings is 1. The van der Waals surface area contributed by atoms with E-state index in [1.807, 2.05) is 0 Å². The summed E-state index contributed by atoms with van der Waals surface area (Å²) in [7, 11) is 0. The first-order valence-electron chi connectivity index (χ1n) is 11.4. The van der Waals surface area contributed by atoms with Crippen molar-refractivity contribution in [3.63, 3.8) is 0 Å². The van der Waals surface area contributed by atoms with E-state index in [1.54, 1.807) is 30.3 Å². The molecule has 0 saturated carbocycles. The molecule has 7 nitrogen and oxygen atoms in total. The number of rotatable bonds is 4. The van der Waals surface area contributed by atoms with Gasteiger partial charge in [0.15, 0.2) is 0 Å². The van der Waals surface area contributed by atoms with E-state index in [4.69, 9.17) is 13.6 Å². The zero-order valence-electron chi connectivity index (χ0n) is 19.1. The fraction of sp³-hybridized carbons (Fsp3) is 0.0690. The highest BCUT2D eigenvalue weighted by atomic mass is 19.1. The second-order valence-electron chi connectivity index (χ2n) is 8.62. The predicted molar refractivity (Wildman–Crippen MR) is 131 cm³/mol. The Morgan fingerprint density at radius 2 is 1.70 bits per heavy atom. The van der Waals surface area contributed by atoms with Crippen LogP contribution in [0.1, 0.15) is 34.0 Å². The number of benzene rings is 3. The second-order valence-corrected chi connectivity index (χ2v) is 8.62. The average Bonchev–Trinajstić information content (AvgIpc) is 3.39. The number of carbonyl (C=O) groups is 2. The van der Waals surface area contributed by atoms with Crippen LogP contribution in [-0.4, -0.2) is 17.0 Å². The fourth-order valence-corrected chi connectivity index (χ4v) is 4.70. The van der Waals surface area contributed by atoms with E-state index in [0.717, 1.165) is 0 Å². The smallest absolute Gasteiger partial charge is 0.336 e. The van der Waals surface area contributed by atoms with Crippen LogP contribution in [0.2, 0.25) is 0 Å². The highest BCUT2D eigenvalue weighted by molar-refractivity contribution is 5.95. The molecule has 182 valence electrons. The molecule has 1 aliphatic heterocycles. The van der Waals surface area contributed by atoms with Crippen LogP contribution in [0.5, 0.6) is 5.75 Å². The summed E-state index contributed by atoms with van der Waals surface area (Å²) in [6.45, 7) is 0. The van der Waals surface area contributed by atoms with Crippen LogP contribution in [0.3, 0.4) is 0 Å². The molecule has 0 fully saturated rings. The van der Waals surface area contributed by atoms with Gasteiger partial charge < -0.3 is 18.7 Å². The molecule has 8 heteroatoms. The van der Waals surface area contributed by atoms with E-state index in [9.17, 15) is 23.9 Å². The maximum Gasteiger partial charge on any atom is 0.336 e. The van der Waals surface area contributed by atoms with E-state index in [1.165, 1.54) is 48.7 Å². The van der Waals surface area contributed by atoms with Gasteiger partial charge in [-0.05, 0) is 48.0 Å². The largest absolute Gasteiger partial charge is 0.478 e. The molecule has 0 aliphatic carbocycles. The van der Waals surface area contributed by atoms with Gasteiger partial charge in [0.2, 0.25) is 5.43 Å². The second kappa shape index (κ2) is 8.60. The van der Waals surface area contributed by atoms with Crippen LogP contribution in [0.4, 0.5) is 4.39 Å². The lowest BCUT2D eigenvalue weighted by Crippen LogP contribution is -2.21. The molecule has 3 aromatic carbocycles. The normalized spacial score (nSPS) is 14.8. The van der Waals surface area contributed by atoms with Gasteiger partial charge in [-0.3, -0.25) is 9.59 Å².